The van der Waals surface area contributed by atoms with Crippen LogP contribution in [0.1, 0.15) is 20.7 Å². The number of nitrogens with zero attached hydrogens (tertiary/aromatic N) is 2. The van der Waals surface area contributed by atoms with Crippen LogP contribution < -0.4 is 15.5 Å². The smallest absolute Gasteiger partial charge is 0.258 e. The van der Waals surface area contributed by atoms with Crippen LogP contribution in [-0.2, 0) is 0 Å². The number of amides is 2. The molecule has 34 heavy (non-hydrogen) atoms. The van der Waals surface area contributed by atoms with Gasteiger partial charge in [-0.15, -0.1) is 0 Å². The number of halogens is 2. The predicted molar refractivity (Wildman–Crippen MR) is 144 cm³/mol. The Bertz CT molecular complexity index is 1220. The molecule has 174 valence electrons. The second-order valence-electron chi connectivity index (χ2n) is 7.70. The fourth-order valence-electron chi connectivity index (χ4n) is 3.73. The molecule has 3 aromatic rings. The Morgan fingerprint density at radius 1 is 0.912 bits per heavy atom. The SMILES string of the molecule is O=C(NC(=S)Nc1ccc(N2CCN(C(=O)c3ccccc3)CC2)c(Cl)c1)c1ccccc1Br. The Labute approximate surface area is 217 Å². The van der Waals surface area contributed by atoms with E-state index in [1.165, 1.54) is 0 Å². The highest BCUT2D eigenvalue weighted by Gasteiger charge is 2.23. The van der Waals surface area contributed by atoms with E-state index in [1.807, 2.05) is 53.4 Å². The minimum Gasteiger partial charge on any atom is -0.367 e. The number of thiocarbonyl (C=S) groups is 1. The van der Waals surface area contributed by atoms with Crippen molar-refractivity contribution < 1.29 is 9.59 Å². The highest BCUT2D eigenvalue weighted by atomic mass is 79.9. The van der Waals surface area contributed by atoms with Gasteiger partial charge in [-0.25, -0.2) is 0 Å². The van der Waals surface area contributed by atoms with E-state index in [0.29, 0.717) is 52.5 Å². The summed E-state index contributed by atoms with van der Waals surface area (Å²) in [4.78, 5) is 29.1. The third-order valence-electron chi connectivity index (χ3n) is 5.48. The van der Waals surface area contributed by atoms with Crippen molar-refractivity contribution in [1.82, 2.24) is 10.2 Å². The van der Waals surface area contributed by atoms with Crippen molar-refractivity contribution in [2.45, 2.75) is 0 Å². The molecular weight excluding hydrogens is 536 g/mol. The summed E-state index contributed by atoms with van der Waals surface area (Å²) in [5.41, 5.74) is 2.75. The van der Waals surface area contributed by atoms with E-state index in [9.17, 15) is 9.59 Å². The third-order valence-corrected chi connectivity index (χ3v) is 6.68. The van der Waals surface area contributed by atoms with Crippen LogP contribution in [-0.4, -0.2) is 48.0 Å². The van der Waals surface area contributed by atoms with E-state index in [2.05, 4.69) is 31.5 Å². The van der Waals surface area contributed by atoms with Crippen LogP contribution in [0, 0.1) is 0 Å². The van der Waals surface area contributed by atoms with Crippen LogP contribution in [0.4, 0.5) is 11.4 Å². The first-order valence-corrected chi connectivity index (χ1v) is 12.3. The number of anilines is 2. The maximum absolute atomic E-state index is 12.7. The first-order chi connectivity index (χ1) is 16.4. The van der Waals surface area contributed by atoms with Crippen LogP contribution in [0.3, 0.4) is 0 Å². The van der Waals surface area contributed by atoms with E-state index in [1.54, 1.807) is 24.3 Å². The summed E-state index contributed by atoms with van der Waals surface area (Å²) in [6.07, 6.45) is 0. The summed E-state index contributed by atoms with van der Waals surface area (Å²) in [6.45, 7) is 2.61. The summed E-state index contributed by atoms with van der Waals surface area (Å²) in [5, 5.41) is 6.41. The first kappa shape index (κ1) is 24.2. The van der Waals surface area contributed by atoms with Gasteiger partial charge in [0.15, 0.2) is 5.11 Å². The summed E-state index contributed by atoms with van der Waals surface area (Å²) >= 11 is 15.2. The predicted octanol–water partition coefficient (Wildman–Crippen LogP) is 5.19. The lowest BCUT2D eigenvalue weighted by Gasteiger charge is -2.36. The Hall–Kier alpha value is -2.94. The van der Waals surface area contributed by atoms with Gasteiger partial charge in [-0.1, -0.05) is 41.9 Å². The number of rotatable bonds is 4. The number of carbonyl (C=O) groups is 2. The molecular formula is C25H22BrClN4O2S. The molecule has 4 rings (SSSR count). The van der Waals surface area contributed by atoms with Crippen molar-refractivity contribution in [2.75, 3.05) is 36.4 Å². The molecule has 1 aliphatic heterocycles. The zero-order valence-corrected chi connectivity index (χ0v) is 21.3. The maximum atomic E-state index is 12.7. The van der Waals surface area contributed by atoms with Crippen molar-refractivity contribution in [1.29, 1.82) is 0 Å². The van der Waals surface area contributed by atoms with Gasteiger partial charge in [0.2, 0.25) is 0 Å². The second-order valence-corrected chi connectivity index (χ2v) is 9.37. The van der Waals surface area contributed by atoms with Gasteiger partial charge < -0.3 is 15.1 Å². The fraction of sp³-hybridized carbons (Fsp3) is 0.160. The van der Waals surface area contributed by atoms with Gasteiger partial charge in [0.1, 0.15) is 0 Å². The highest BCUT2D eigenvalue weighted by molar-refractivity contribution is 9.10. The van der Waals surface area contributed by atoms with Gasteiger partial charge in [0, 0.05) is 41.9 Å². The van der Waals surface area contributed by atoms with E-state index in [4.69, 9.17) is 23.8 Å². The highest BCUT2D eigenvalue weighted by Crippen LogP contribution is 2.30. The van der Waals surface area contributed by atoms with Gasteiger partial charge in [-0.2, -0.15) is 0 Å². The number of carbonyl (C=O) groups excluding carboxylic acids is 2. The monoisotopic (exact) mass is 556 g/mol. The van der Waals surface area contributed by atoms with Crippen LogP contribution in [0.25, 0.3) is 0 Å². The Morgan fingerprint density at radius 2 is 1.59 bits per heavy atom. The molecule has 6 nitrogen and oxygen atoms in total. The normalized spacial score (nSPS) is 13.4. The van der Waals surface area contributed by atoms with Crippen molar-refractivity contribution in [3.05, 3.63) is 93.4 Å². The largest absolute Gasteiger partial charge is 0.367 e. The maximum Gasteiger partial charge on any atom is 0.258 e. The summed E-state index contributed by atoms with van der Waals surface area (Å²) < 4.78 is 0.688. The topological polar surface area (TPSA) is 64.7 Å². The van der Waals surface area contributed by atoms with Gasteiger partial charge in [-0.05, 0) is 70.6 Å². The van der Waals surface area contributed by atoms with E-state index in [0.717, 1.165) is 5.69 Å². The summed E-state index contributed by atoms with van der Waals surface area (Å²) in [6, 6.07) is 22.0. The molecule has 2 N–H and O–H groups in total. The number of hydrogen-bond donors (Lipinski definition) is 2. The number of hydrogen-bond acceptors (Lipinski definition) is 4. The molecule has 0 bridgehead atoms. The van der Waals surface area contributed by atoms with E-state index in [-0.39, 0.29) is 16.9 Å². The molecule has 0 aromatic heterocycles. The minimum absolute atomic E-state index is 0.0454. The lowest BCUT2D eigenvalue weighted by molar-refractivity contribution is 0.0746. The molecule has 3 aromatic carbocycles. The molecule has 1 fully saturated rings. The molecule has 0 saturated carbocycles. The molecule has 2 amide bonds. The Balaban J connectivity index is 1.33. The lowest BCUT2D eigenvalue weighted by Crippen LogP contribution is -2.48. The van der Waals surface area contributed by atoms with Gasteiger partial charge in [0.25, 0.3) is 11.8 Å². The van der Waals surface area contributed by atoms with Crippen molar-refractivity contribution >= 4 is 68.1 Å². The minimum atomic E-state index is -0.310. The quantitative estimate of drug-likeness (QED) is 0.432. The molecule has 0 atom stereocenters. The van der Waals surface area contributed by atoms with Gasteiger partial charge >= 0.3 is 0 Å². The third kappa shape index (κ3) is 5.75. The van der Waals surface area contributed by atoms with E-state index < -0.39 is 0 Å². The fourth-order valence-corrected chi connectivity index (χ4v) is 4.71. The van der Waals surface area contributed by atoms with Crippen LogP contribution in [0.15, 0.2) is 77.3 Å². The average Bonchev–Trinajstić information content (AvgIpc) is 2.84. The zero-order chi connectivity index (χ0) is 24.1. The van der Waals surface area contributed by atoms with Crippen molar-refractivity contribution in [3.63, 3.8) is 0 Å². The Morgan fingerprint density at radius 3 is 2.26 bits per heavy atom. The van der Waals surface area contributed by atoms with E-state index >= 15 is 0 Å². The molecule has 0 aliphatic carbocycles. The van der Waals surface area contributed by atoms with Gasteiger partial charge in [0.05, 0.1) is 16.3 Å². The van der Waals surface area contributed by atoms with Crippen molar-refractivity contribution in [3.8, 4) is 0 Å². The Kier molecular flexibility index (Phi) is 7.82. The van der Waals surface area contributed by atoms with Crippen LogP contribution in [0.5, 0.6) is 0 Å². The first-order valence-electron chi connectivity index (χ1n) is 10.7. The number of nitrogens with one attached hydrogen (secondary N) is 2. The molecule has 1 saturated heterocycles. The molecule has 0 unspecified atom stereocenters. The second kappa shape index (κ2) is 11.0. The number of piperazine rings is 1. The molecule has 0 radical (unpaired) electrons. The molecule has 0 spiro atoms. The lowest BCUT2D eigenvalue weighted by atomic mass is 10.1. The van der Waals surface area contributed by atoms with Crippen LogP contribution >= 0.6 is 39.7 Å². The molecule has 9 heteroatoms. The standard InChI is InChI=1S/C25H22BrClN4O2S/c26-20-9-5-4-8-19(20)23(32)29-25(34)28-18-10-11-22(21(27)16-18)30-12-14-31(15-13-30)24(33)17-6-2-1-3-7-17/h1-11,16H,12-15H2,(H2,28,29,32,34). The van der Waals surface area contributed by atoms with Gasteiger partial charge in [-0.3, -0.25) is 14.9 Å². The van der Waals surface area contributed by atoms with Crippen LogP contribution in [0.2, 0.25) is 5.02 Å². The average molecular weight is 558 g/mol. The summed E-state index contributed by atoms with van der Waals surface area (Å²) in [7, 11) is 0. The number of benzene rings is 3. The summed E-state index contributed by atoms with van der Waals surface area (Å²) in [5.74, 6) is -0.264. The van der Waals surface area contributed by atoms with Crippen molar-refractivity contribution in [2.24, 2.45) is 0 Å². The molecule has 1 aliphatic rings. The molecule has 1 heterocycles. The zero-order valence-electron chi connectivity index (χ0n) is 18.1.